The molecule has 0 radical (unpaired) electrons. The number of para-hydroxylation sites is 2. The Morgan fingerprint density at radius 3 is 2.59 bits per heavy atom. The lowest BCUT2D eigenvalue weighted by Gasteiger charge is -2.12. The first-order valence-corrected chi connectivity index (χ1v) is 8.83. The van der Waals surface area contributed by atoms with Crippen molar-refractivity contribution >= 4 is 16.9 Å². The van der Waals surface area contributed by atoms with Crippen LogP contribution in [0.3, 0.4) is 0 Å². The molecule has 1 N–H and O–H groups in total. The second kappa shape index (κ2) is 8.69. The number of fused-ring (bicyclic) bond motifs is 1. The van der Waals surface area contributed by atoms with Crippen LogP contribution in [0.4, 0.5) is 13.2 Å². The zero-order valence-corrected chi connectivity index (χ0v) is 15.4. The van der Waals surface area contributed by atoms with Crippen molar-refractivity contribution in [1.29, 1.82) is 0 Å². The molecule has 0 aliphatic rings. The molecule has 0 aliphatic heterocycles. The van der Waals surface area contributed by atoms with Gasteiger partial charge in [-0.25, -0.2) is 4.98 Å². The van der Waals surface area contributed by atoms with Crippen LogP contribution in [0.5, 0.6) is 5.75 Å². The average Bonchev–Trinajstić information content (AvgIpc) is 3.06. The van der Waals surface area contributed by atoms with Crippen molar-refractivity contribution < 1.29 is 22.7 Å². The number of amides is 1. The largest absolute Gasteiger partial charge is 0.481 e. The van der Waals surface area contributed by atoms with E-state index in [9.17, 15) is 18.0 Å². The summed E-state index contributed by atoms with van der Waals surface area (Å²) in [5, 5.41) is 2.65. The predicted molar refractivity (Wildman–Crippen MR) is 102 cm³/mol. The number of carbonyl (C=O) groups excluding carboxylic acids is 1. The number of aromatic nitrogens is 2. The van der Waals surface area contributed by atoms with Gasteiger partial charge in [-0.15, -0.1) is 6.42 Å². The van der Waals surface area contributed by atoms with E-state index < -0.39 is 24.5 Å². The molecule has 0 fully saturated rings. The molecule has 0 saturated carbocycles. The molecule has 0 aliphatic carbocycles. The molecule has 3 rings (SSSR count). The topological polar surface area (TPSA) is 56.1 Å². The fourth-order valence-electron chi connectivity index (χ4n) is 2.88. The van der Waals surface area contributed by atoms with Crippen LogP contribution in [0.25, 0.3) is 11.0 Å². The van der Waals surface area contributed by atoms with Crippen molar-refractivity contribution in [1.82, 2.24) is 14.9 Å². The van der Waals surface area contributed by atoms with Crippen LogP contribution in [0.15, 0.2) is 48.5 Å². The maximum absolute atomic E-state index is 13.3. The molecule has 2 aromatic carbocycles. The number of hydrogen-bond acceptors (Lipinski definition) is 3. The van der Waals surface area contributed by atoms with Crippen LogP contribution in [-0.2, 0) is 23.9 Å². The highest BCUT2D eigenvalue weighted by molar-refractivity contribution is 5.81. The molecular weight excluding hydrogens is 383 g/mol. The average molecular weight is 401 g/mol. The minimum absolute atomic E-state index is 0.179. The number of carbonyl (C=O) groups is 1. The van der Waals surface area contributed by atoms with Gasteiger partial charge >= 0.3 is 6.18 Å². The van der Waals surface area contributed by atoms with Crippen molar-refractivity contribution in [3.05, 3.63) is 59.9 Å². The van der Waals surface area contributed by atoms with E-state index in [-0.39, 0.29) is 24.2 Å². The van der Waals surface area contributed by atoms with Crippen molar-refractivity contribution in [2.45, 2.75) is 19.1 Å². The smallest absolute Gasteiger partial charge is 0.449 e. The number of nitrogens with zero attached hydrogens (tertiary/aromatic N) is 2. The Kier molecular flexibility index (Phi) is 6.07. The lowest BCUT2D eigenvalue weighted by atomic mass is 10.1. The summed E-state index contributed by atoms with van der Waals surface area (Å²) in [4.78, 5) is 15.9. The molecule has 0 spiro atoms. The van der Waals surface area contributed by atoms with Crippen LogP contribution in [-0.4, -0.2) is 28.6 Å². The van der Waals surface area contributed by atoms with E-state index in [0.29, 0.717) is 12.2 Å². The van der Waals surface area contributed by atoms with Crippen LogP contribution >= 0.6 is 0 Å². The Morgan fingerprint density at radius 1 is 1.17 bits per heavy atom. The van der Waals surface area contributed by atoms with E-state index in [0.717, 1.165) is 10.1 Å². The molecule has 0 saturated heterocycles. The van der Waals surface area contributed by atoms with Gasteiger partial charge in [0.05, 0.1) is 11.0 Å². The Balaban J connectivity index is 1.61. The number of benzene rings is 2. The lowest BCUT2D eigenvalue weighted by molar-refractivity contribution is -0.147. The molecule has 3 aromatic rings. The Hall–Kier alpha value is -3.47. The number of ether oxygens (including phenoxy) is 1. The molecule has 5 nitrogen and oxygen atoms in total. The second-order valence-electron chi connectivity index (χ2n) is 6.24. The SMILES string of the molecule is C#CCOc1ccc(CCNC(=O)Cn2c(C(F)(F)F)nc3ccccc32)cc1. The summed E-state index contributed by atoms with van der Waals surface area (Å²) in [5.74, 6) is 1.41. The molecule has 0 atom stereocenters. The maximum Gasteiger partial charge on any atom is 0.449 e. The first-order chi connectivity index (χ1) is 13.9. The third-order valence-electron chi connectivity index (χ3n) is 4.19. The summed E-state index contributed by atoms with van der Waals surface area (Å²) in [6, 6.07) is 13.4. The fraction of sp³-hybridized carbons (Fsp3) is 0.238. The maximum atomic E-state index is 13.3. The fourth-order valence-corrected chi connectivity index (χ4v) is 2.88. The molecule has 29 heavy (non-hydrogen) atoms. The van der Waals surface area contributed by atoms with Gasteiger partial charge in [0.25, 0.3) is 0 Å². The van der Waals surface area contributed by atoms with Gasteiger partial charge in [0.2, 0.25) is 11.7 Å². The highest BCUT2D eigenvalue weighted by atomic mass is 19.4. The number of rotatable bonds is 7. The summed E-state index contributed by atoms with van der Waals surface area (Å²) in [5.41, 5.74) is 1.40. The van der Waals surface area contributed by atoms with Crippen molar-refractivity contribution in [3.63, 3.8) is 0 Å². The van der Waals surface area contributed by atoms with Crippen molar-refractivity contribution in [2.75, 3.05) is 13.2 Å². The van der Waals surface area contributed by atoms with Crippen LogP contribution in [0, 0.1) is 12.3 Å². The minimum Gasteiger partial charge on any atom is -0.481 e. The van der Waals surface area contributed by atoms with Gasteiger partial charge in [0.1, 0.15) is 18.9 Å². The van der Waals surface area contributed by atoms with Gasteiger partial charge in [0, 0.05) is 6.54 Å². The van der Waals surface area contributed by atoms with E-state index in [4.69, 9.17) is 11.2 Å². The summed E-state index contributed by atoms with van der Waals surface area (Å²) < 4.78 is 46.0. The first-order valence-electron chi connectivity index (χ1n) is 8.83. The Labute approximate surface area is 165 Å². The predicted octanol–water partition coefficient (Wildman–Crippen LogP) is 3.43. The van der Waals surface area contributed by atoms with Crippen molar-refractivity contribution in [2.24, 2.45) is 0 Å². The highest BCUT2D eigenvalue weighted by Gasteiger charge is 2.37. The third-order valence-corrected chi connectivity index (χ3v) is 4.19. The number of terminal acetylenes is 1. The lowest BCUT2D eigenvalue weighted by Crippen LogP contribution is -2.31. The number of halogens is 3. The molecule has 0 unspecified atom stereocenters. The van der Waals surface area contributed by atoms with E-state index in [2.05, 4.69) is 16.2 Å². The molecule has 8 heteroatoms. The Morgan fingerprint density at radius 2 is 1.90 bits per heavy atom. The standard InChI is InChI=1S/C21H18F3N3O2/c1-2-13-29-16-9-7-15(8-10-16)11-12-25-19(28)14-27-18-6-4-3-5-17(18)26-20(27)21(22,23)24/h1,3-10H,11-14H2,(H,25,28). The number of alkyl halides is 3. The minimum atomic E-state index is -4.65. The molecule has 1 heterocycles. The van der Waals surface area contributed by atoms with E-state index in [1.165, 1.54) is 12.1 Å². The molecule has 1 aromatic heterocycles. The van der Waals surface area contributed by atoms with E-state index in [1.54, 1.807) is 24.3 Å². The normalized spacial score (nSPS) is 11.2. The molecular formula is C21H18F3N3O2. The van der Waals surface area contributed by atoms with E-state index in [1.807, 2.05) is 12.1 Å². The van der Waals surface area contributed by atoms with Gasteiger partial charge in [-0.1, -0.05) is 30.2 Å². The molecule has 0 bridgehead atoms. The summed E-state index contributed by atoms with van der Waals surface area (Å²) in [6.45, 7) is 0.00382. The first kappa shape index (κ1) is 20.3. The summed E-state index contributed by atoms with van der Waals surface area (Å²) >= 11 is 0. The van der Waals surface area contributed by atoms with Crippen molar-refractivity contribution in [3.8, 4) is 18.1 Å². The summed E-state index contributed by atoms with van der Waals surface area (Å²) in [7, 11) is 0. The molecule has 150 valence electrons. The number of hydrogen-bond donors (Lipinski definition) is 1. The quantitative estimate of drug-likeness (QED) is 0.618. The molecule has 1 amide bonds. The third kappa shape index (κ3) is 5.08. The highest BCUT2D eigenvalue weighted by Crippen LogP contribution is 2.31. The summed E-state index contributed by atoms with van der Waals surface area (Å²) in [6.07, 6.45) is 1.00. The van der Waals surface area contributed by atoms with Crippen LogP contribution in [0.2, 0.25) is 0 Å². The van der Waals surface area contributed by atoms with E-state index >= 15 is 0 Å². The van der Waals surface area contributed by atoms with Crippen LogP contribution < -0.4 is 10.1 Å². The number of imidazole rings is 1. The van der Waals surface area contributed by atoms with Gasteiger partial charge in [-0.2, -0.15) is 13.2 Å². The second-order valence-corrected chi connectivity index (χ2v) is 6.24. The number of nitrogens with one attached hydrogen (secondary N) is 1. The monoisotopic (exact) mass is 401 g/mol. The van der Waals surface area contributed by atoms with Crippen LogP contribution in [0.1, 0.15) is 11.4 Å². The van der Waals surface area contributed by atoms with Gasteiger partial charge < -0.3 is 14.6 Å². The van der Waals surface area contributed by atoms with Gasteiger partial charge in [-0.3, -0.25) is 4.79 Å². The van der Waals surface area contributed by atoms with Gasteiger partial charge in [-0.05, 0) is 36.2 Å². The Bertz CT molecular complexity index is 1030. The zero-order valence-electron chi connectivity index (χ0n) is 15.4. The zero-order chi connectivity index (χ0) is 20.9. The van der Waals surface area contributed by atoms with Gasteiger partial charge in [0.15, 0.2) is 0 Å².